The Hall–Kier alpha value is -1.48. The van der Waals surface area contributed by atoms with Gasteiger partial charge < -0.3 is 9.69 Å². The monoisotopic (exact) mass is 424 g/mol. The third-order valence-corrected chi connectivity index (χ3v) is 8.67. The maximum atomic E-state index is 11.3. The minimum absolute atomic E-state index is 0.215. The SMILES string of the molecule is CCC.Cc1cncc(C2=CCC3C(CCC=O)C(C4(C)CCCN4C)CCC23C)c1. The third-order valence-electron chi connectivity index (χ3n) is 8.67. The van der Waals surface area contributed by atoms with Gasteiger partial charge in [-0.3, -0.25) is 4.98 Å². The second-order valence-electron chi connectivity index (χ2n) is 10.8. The maximum Gasteiger partial charge on any atom is 0.120 e. The van der Waals surface area contributed by atoms with Crippen LogP contribution in [-0.4, -0.2) is 35.3 Å². The Balaban J connectivity index is 0.000000858. The summed E-state index contributed by atoms with van der Waals surface area (Å²) in [4.78, 5) is 18.4. The Labute approximate surface area is 190 Å². The van der Waals surface area contributed by atoms with Crippen LogP contribution in [-0.2, 0) is 4.79 Å². The summed E-state index contributed by atoms with van der Waals surface area (Å²) >= 11 is 0. The van der Waals surface area contributed by atoms with E-state index in [1.54, 1.807) is 0 Å². The van der Waals surface area contributed by atoms with E-state index in [2.05, 4.69) is 63.7 Å². The summed E-state index contributed by atoms with van der Waals surface area (Å²) in [6.07, 6.45) is 16.9. The molecule has 31 heavy (non-hydrogen) atoms. The number of aromatic nitrogens is 1. The number of aryl methyl sites for hydroxylation is 1. The van der Waals surface area contributed by atoms with Gasteiger partial charge in [-0.15, -0.1) is 0 Å². The highest BCUT2D eigenvalue weighted by atomic mass is 16.1. The summed E-state index contributed by atoms with van der Waals surface area (Å²) in [6.45, 7) is 12.6. The molecule has 3 nitrogen and oxygen atoms in total. The number of rotatable bonds is 5. The van der Waals surface area contributed by atoms with Crippen LogP contribution in [0.1, 0.15) is 90.2 Å². The third kappa shape index (κ3) is 4.53. The predicted molar refractivity (Wildman–Crippen MR) is 131 cm³/mol. The Morgan fingerprint density at radius 2 is 1.94 bits per heavy atom. The zero-order chi connectivity index (χ0) is 22.6. The Kier molecular flexibility index (Phi) is 7.78. The molecule has 0 radical (unpaired) electrons. The number of carbonyl (C=O) groups is 1. The predicted octanol–water partition coefficient (Wildman–Crippen LogP) is 6.71. The van der Waals surface area contributed by atoms with Gasteiger partial charge in [-0.05, 0) is 112 Å². The largest absolute Gasteiger partial charge is 0.303 e. The van der Waals surface area contributed by atoms with Crippen molar-refractivity contribution in [3.63, 3.8) is 0 Å². The van der Waals surface area contributed by atoms with Crippen LogP contribution in [0.3, 0.4) is 0 Å². The van der Waals surface area contributed by atoms with Crippen molar-refractivity contribution in [2.75, 3.05) is 13.6 Å². The summed E-state index contributed by atoms with van der Waals surface area (Å²) in [5.74, 6) is 1.97. The Bertz CT molecular complexity index is 787. The number of nitrogens with zero attached hydrogens (tertiary/aromatic N) is 2. The number of hydrogen-bond donors (Lipinski definition) is 0. The molecular weight excluding hydrogens is 380 g/mol. The first-order valence-corrected chi connectivity index (χ1v) is 12.6. The van der Waals surface area contributed by atoms with E-state index in [1.165, 1.54) is 55.3 Å². The van der Waals surface area contributed by atoms with Crippen LogP contribution < -0.4 is 0 Å². The first-order valence-electron chi connectivity index (χ1n) is 12.6. The van der Waals surface area contributed by atoms with E-state index < -0.39 is 0 Å². The number of carbonyl (C=O) groups excluding carboxylic acids is 1. The van der Waals surface area contributed by atoms with Gasteiger partial charge in [0.15, 0.2) is 0 Å². The lowest BCUT2D eigenvalue weighted by atomic mass is 9.53. The molecule has 0 amide bonds. The highest BCUT2D eigenvalue weighted by Crippen LogP contribution is 2.62. The van der Waals surface area contributed by atoms with Gasteiger partial charge in [0.2, 0.25) is 0 Å². The molecule has 0 bridgehead atoms. The normalized spacial score (nSPS) is 35.2. The van der Waals surface area contributed by atoms with E-state index in [0.717, 1.165) is 19.1 Å². The smallest absolute Gasteiger partial charge is 0.120 e. The molecule has 2 fully saturated rings. The molecule has 1 saturated heterocycles. The van der Waals surface area contributed by atoms with Gasteiger partial charge in [0.05, 0.1) is 0 Å². The molecule has 3 aliphatic rings. The van der Waals surface area contributed by atoms with Crippen molar-refractivity contribution in [3.05, 3.63) is 35.7 Å². The molecule has 1 aromatic rings. The van der Waals surface area contributed by atoms with Crippen LogP contribution in [0.15, 0.2) is 24.5 Å². The fourth-order valence-corrected chi connectivity index (χ4v) is 7.03. The molecule has 1 saturated carbocycles. The van der Waals surface area contributed by atoms with E-state index in [1.807, 2.05) is 12.4 Å². The van der Waals surface area contributed by atoms with E-state index in [9.17, 15) is 4.79 Å². The van der Waals surface area contributed by atoms with Gasteiger partial charge >= 0.3 is 0 Å². The fraction of sp³-hybridized carbons (Fsp3) is 0.714. The minimum Gasteiger partial charge on any atom is -0.303 e. The lowest BCUT2D eigenvalue weighted by Crippen LogP contribution is -2.53. The number of pyridine rings is 1. The van der Waals surface area contributed by atoms with Gasteiger partial charge in [-0.2, -0.15) is 0 Å². The first-order chi connectivity index (χ1) is 14.8. The minimum atomic E-state index is 0.215. The summed E-state index contributed by atoms with van der Waals surface area (Å²) in [7, 11) is 2.31. The van der Waals surface area contributed by atoms with Crippen molar-refractivity contribution in [1.29, 1.82) is 0 Å². The van der Waals surface area contributed by atoms with Crippen molar-refractivity contribution < 1.29 is 4.79 Å². The van der Waals surface area contributed by atoms with Crippen LogP contribution >= 0.6 is 0 Å². The number of hydrogen-bond acceptors (Lipinski definition) is 3. The number of allylic oxidation sites excluding steroid dienone is 2. The number of aldehydes is 1. The van der Waals surface area contributed by atoms with Gasteiger partial charge in [-0.25, -0.2) is 0 Å². The molecule has 4 rings (SSSR count). The Morgan fingerprint density at radius 1 is 1.19 bits per heavy atom. The molecule has 3 heteroatoms. The van der Waals surface area contributed by atoms with Crippen molar-refractivity contribution in [2.24, 2.45) is 23.2 Å². The quantitative estimate of drug-likeness (QED) is 0.493. The molecule has 0 N–H and O–H groups in total. The van der Waals surface area contributed by atoms with Gasteiger partial charge in [0.1, 0.15) is 6.29 Å². The molecule has 0 spiro atoms. The van der Waals surface area contributed by atoms with E-state index in [-0.39, 0.29) is 5.41 Å². The van der Waals surface area contributed by atoms with Crippen LogP contribution in [0.5, 0.6) is 0 Å². The van der Waals surface area contributed by atoms with Crippen LogP contribution in [0.25, 0.3) is 5.57 Å². The summed E-state index contributed by atoms with van der Waals surface area (Å²) < 4.78 is 0. The summed E-state index contributed by atoms with van der Waals surface area (Å²) in [5.41, 5.74) is 4.56. The molecule has 1 aliphatic heterocycles. The van der Waals surface area contributed by atoms with Crippen LogP contribution in [0.2, 0.25) is 0 Å². The molecule has 5 atom stereocenters. The van der Waals surface area contributed by atoms with Crippen molar-refractivity contribution in [3.8, 4) is 0 Å². The average Bonchev–Trinajstić information content (AvgIpc) is 3.26. The molecule has 1 aromatic heterocycles. The van der Waals surface area contributed by atoms with E-state index in [0.29, 0.717) is 29.7 Å². The lowest BCUT2D eigenvalue weighted by Gasteiger charge is -2.54. The second-order valence-corrected chi connectivity index (χ2v) is 10.8. The molecule has 172 valence electrons. The fourth-order valence-electron chi connectivity index (χ4n) is 7.03. The van der Waals surface area contributed by atoms with E-state index >= 15 is 0 Å². The van der Waals surface area contributed by atoms with Crippen LogP contribution in [0, 0.1) is 30.1 Å². The molecule has 2 aliphatic carbocycles. The number of likely N-dealkylation sites (tertiary alicyclic amines) is 1. The van der Waals surface area contributed by atoms with Gasteiger partial charge in [0.25, 0.3) is 0 Å². The molecule has 2 heterocycles. The molecule has 0 aromatic carbocycles. The topological polar surface area (TPSA) is 33.2 Å². The lowest BCUT2D eigenvalue weighted by molar-refractivity contribution is -0.108. The second kappa shape index (κ2) is 9.98. The highest BCUT2D eigenvalue weighted by molar-refractivity contribution is 5.72. The van der Waals surface area contributed by atoms with Crippen molar-refractivity contribution >= 4 is 11.9 Å². The Morgan fingerprint density at radius 3 is 2.55 bits per heavy atom. The molecular formula is C28H44N2O. The summed E-state index contributed by atoms with van der Waals surface area (Å²) in [6, 6.07) is 2.30. The van der Waals surface area contributed by atoms with Gasteiger partial charge in [-0.1, -0.05) is 33.3 Å². The standard InChI is InChI=1S/C25H36N2O.C3H8/c1-18-15-19(17-26-16-18)21-8-9-22-20(7-5-14-28)23(10-12-24(21,22)2)25(3)11-6-13-27(25)4;1-3-2/h8,14-17,20,22-23H,5-7,9-13H2,1-4H3;3H2,1-2H3. The zero-order valence-corrected chi connectivity index (χ0v) is 20.8. The van der Waals surface area contributed by atoms with Crippen LogP contribution in [0.4, 0.5) is 0 Å². The highest BCUT2D eigenvalue weighted by Gasteiger charge is 2.55. The van der Waals surface area contributed by atoms with Crippen molar-refractivity contribution in [2.45, 2.75) is 91.5 Å². The maximum absolute atomic E-state index is 11.3. The molecule has 5 unspecified atom stereocenters. The van der Waals surface area contributed by atoms with Crippen molar-refractivity contribution in [1.82, 2.24) is 9.88 Å². The zero-order valence-electron chi connectivity index (χ0n) is 20.8. The average molecular weight is 425 g/mol. The first kappa shape index (κ1) is 24.2. The van der Waals surface area contributed by atoms with E-state index in [4.69, 9.17) is 0 Å². The summed E-state index contributed by atoms with van der Waals surface area (Å²) in [5, 5.41) is 0. The van der Waals surface area contributed by atoms with Gasteiger partial charge in [0, 0.05) is 24.4 Å². The number of fused-ring (bicyclic) bond motifs is 1.